The molecule has 5 aliphatic carbocycles. The minimum absolute atomic E-state index is 0. The average molecular weight is 2240 g/mol. The van der Waals surface area contributed by atoms with E-state index in [0.717, 1.165) is 65.6 Å². The van der Waals surface area contributed by atoms with E-state index >= 15 is 8.78 Å². The Morgan fingerprint density at radius 3 is 1.12 bits per heavy atom. The second-order valence-electron chi connectivity index (χ2n) is 35.1. The van der Waals surface area contributed by atoms with E-state index in [4.69, 9.17) is 41.7 Å². The van der Waals surface area contributed by atoms with Gasteiger partial charge in [-0.25, -0.2) is 28.8 Å². The molecular weight excluding hydrogens is 2120 g/mol. The van der Waals surface area contributed by atoms with Crippen molar-refractivity contribution < 1.29 is 249 Å². The quantitative estimate of drug-likeness (QED) is 0.0105. The summed E-state index contributed by atoms with van der Waals surface area (Å²) >= 11 is 0. The molecule has 145 heavy (non-hydrogen) atoms. The molecule has 7 N–H and O–H groups in total. The largest absolute Gasteiger partial charge is 0.467 e. The summed E-state index contributed by atoms with van der Waals surface area (Å²) in [5.74, 6) is -52.2. The van der Waals surface area contributed by atoms with E-state index in [1.165, 1.54) is 34.7 Å². The van der Waals surface area contributed by atoms with Crippen molar-refractivity contribution >= 4 is 122 Å². The number of methoxy groups -OCH3 is 2. The third kappa shape index (κ3) is 32.6. The van der Waals surface area contributed by atoms with Gasteiger partial charge in [-0.1, -0.05) is 58.3 Å². The lowest BCUT2D eigenvalue weighted by Crippen LogP contribution is -2.57. The summed E-state index contributed by atoms with van der Waals surface area (Å²) < 4.78 is 452. The van der Waals surface area contributed by atoms with Crippen LogP contribution in [0.5, 0.6) is 0 Å². The predicted molar refractivity (Wildman–Crippen MR) is 463 cm³/mol. The maximum Gasteiger partial charge on any atom is 0.431 e. The Kier molecular flexibility index (Phi) is 50.3. The van der Waals surface area contributed by atoms with Gasteiger partial charge in [-0.15, -0.1) is 0 Å². The lowest BCUT2D eigenvalue weighted by molar-refractivity contribution is -0.220. The average Bonchev–Trinajstić information content (AvgIpc) is 1.69. The summed E-state index contributed by atoms with van der Waals surface area (Å²) in [6.45, 7) is 7.02. The van der Waals surface area contributed by atoms with E-state index in [-0.39, 0.29) is 132 Å². The molecule has 4 aliphatic heterocycles. The molecule has 17 unspecified atom stereocenters. The molecule has 0 aromatic rings. The van der Waals surface area contributed by atoms with Crippen LogP contribution in [0.25, 0.3) is 0 Å². The van der Waals surface area contributed by atoms with E-state index < -0.39 is 313 Å². The van der Waals surface area contributed by atoms with Gasteiger partial charge in [0.05, 0.1) is 63.3 Å². The zero-order valence-corrected chi connectivity index (χ0v) is 84.7. The Morgan fingerprint density at radius 1 is 0.393 bits per heavy atom. The number of amides is 2. The number of esters is 8. The summed E-state index contributed by atoms with van der Waals surface area (Å²) in [6.07, 6.45) is -9.35. The van der Waals surface area contributed by atoms with Crippen LogP contribution in [0.1, 0.15) is 202 Å². The molecule has 4 saturated heterocycles. The SMILES string of the molecule is CC(C)OC(=O)C1CC(C(F)(F)C(F)(F)S(=O)(=O)O)C(C(=O)OC(C)C)O1.CCC(=O)C1CCC(C(=O)NC)C(CC(F)(F)S(=O)(=O)O)C1.COC(=O)C1CC(C(F)(F)C(F)(F)S(=O)(=O)O)C(C(=O)OC)O1.O=C(CC1CCCCC1)C1CCC(C(=O)NC2CCCCC2)C(C(F)(F)C(F)(F)S(=O)(=O)O)C1.O=C(OC1CCOC1=O)C1CCC(C(=O)OC2CCOC2=O)C(C(F)(F)C(F)(F)S(=O)(=O)O)C1.[CH3+].[CH3+].[CH3+].[CH3+].[CH3+]. The van der Waals surface area contributed by atoms with Gasteiger partial charge in [0.1, 0.15) is 11.6 Å². The molecule has 0 spiro atoms. The number of Topliss-reactive ketones (excluding diaryl/α,β-unsaturated/α-hetero) is 2. The van der Waals surface area contributed by atoms with Crippen LogP contribution in [0.15, 0.2) is 0 Å². The van der Waals surface area contributed by atoms with Crippen LogP contribution in [0.2, 0.25) is 0 Å². The minimum atomic E-state index is -6.64. The number of ether oxygens (including phenoxy) is 10. The number of carbonyl (C=O) groups is 12. The zero-order valence-electron chi connectivity index (χ0n) is 80.6. The Bertz CT molecular complexity index is 5020. The zero-order chi connectivity index (χ0) is 107. The van der Waals surface area contributed by atoms with Gasteiger partial charge in [0.15, 0.2) is 24.4 Å². The Labute approximate surface area is 826 Å². The molecule has 39 nitrogen and oxygen atoms in total. The number of rotatable bonds is 33. The first-order chi connectivity index (χ1) is 63.9. The molecule has 9 fully saturated rings. The van der Waals surface area contributed by atoms with Crippen molar-refractivity contribution in [3.8, 4) is 0 Å². The van der Waals surface area contributed by atoms with Crippen molar-refractivity contribution in [1.29, 1.82) is 0 Å². The fraction of sp³-hybridized carbons (Fsp3) is 0.795. The normalized spacial score (nSPS) is 26.5. The molecular formula is C83H123F18N2O37S5+5. The molecule has 838 valence electrons. The van der Waals surface area contributed by atoms with Crippen LogP contribution in [-0.4, -0.2) is 275 Å². The van der Waals surface area contributed by atoms with Crippen molar-refractivity contribution in [2.24, 2.45) is 71.0 Å². The first-order valence-corrected chi connectivity index (χ1v) is 50.5. The Morgan fingerprint density at radius 2 is 0.745 bits per heavy atom. The lowest BCUT2D eigenvalue weighted by atomic mass is 9.68. The number of hydrogen-bond donors (Lipinski definition) is 7. The third-order valence-corrected chi connectivity index (χ3v) is 29.5. The summed E-state index contributed by atoms with van der Waals surface area (Å²) in [7, 11) is -28.7. The summed E-state index contributed by atoms with van der Waals surface area (Å²) in [6, 6.07) is -0.247. The topological polar surface area (TPSA) is 593 Å². The molecule has 2 amide bonds. The van der Waals surface area contributed by atoms with Crippen LogP contribution >= 0.6 is 0 Å². The van der Waals surface area contributed by atoms with Gasteiger partial charge in [0.25, 0.3) is 0 Å². The second kappa shape index (κ2) is 53.3. The van der Waals surface area contributed by atoms with E-state index in [9.17, 15) is 170 Å². The third-order valence-electron chi connectivity index (χ3n) is 24.9. The first-order valence-electron chi connectivity index (χ1n) is 43.3. The molecule has 9 aliphatic rings. The molecule has 0 radical (unpaired) electrons. The molecule has 0 aromatic carbocycles. The predicted octanol–water partition coefficient (Wildman–Crippen LogP) is 11.8. The van der Waals surface area contributed by atoms with Crippen molar-refractivity contribution in [3.63, 3.8) is 0 Å². The summed E-state index contributed by atoms with van der Waals surface area (Å²) in [5, 5.41) is -22.9. The van der Waals surface area contributed by atoms with Crippen LogP contribution in [-0.2, 0) is 155 Å². The second-order valence-corrected chi connectivity index (χ2v) is 42.5. The number of halogens is 18. The highest BCUT2D eigenvalue weighted by molar-refractivity contribution is 7.88. The first kappa shape index (κ1) is 137. The van der Waals surface area contributed by atoms with Gasteiger partial charge in [-0.05, 0) is 123 Å². The monoisotopic (exact) mass is 2240 g/mol. The number of ketones is 2. The van der Waals surface area contributed by atoms with Crippen molar-refractivity contribution in [1.82, 2.24) is 10.6 Å². The van der Waals surface area contributed by atoms with Crippen molar-refractivity contribution in [2.75, 3.05) is 34.5 Å². The number of nitrogens with one attached hydrogen (secondary N) is 2. The number of cyclic esters (lactones) is 2. The van der Waals surface area contributed by atoms with Gasteiger partial charge in [0.2, 0.25) is 24.0 Å². The maximum atomic E-state index is 15.1. The van der Waals surface area contributed by atoms with E-state index in [2.05, 4.69) is 39.1 Å². The fourth-order valence-corrected chi connectivity index (χ4v) is 19.9. The molecule has 62 heteroatoms. The molecule has 5 saturated carbocycles. The number of carbonyl (C=O) groups excluding carboxylic acids is 12. The molecule has 4 heterocycles. The van der Waals surface area contributed by atoms with Gasteiger partial charge in [0, 0.05) is 118 Å². The van der Waals surface area contributed by atoms with Gasteiger partial charge in [-0.2, -0.15) is 121 Å². The Balaban J connectivity index is 0.00000179. The summed E-state index contributed by atoms with van der Waals surface area (Å²) in [4.78, 5) is 144. The van der Waals surface area contributed by atoms with Gasteiger partial charge >= 0.3 is 148 Å². The molecule has 0 bridgehead atoms. The van der Waals surface area contributed by atoms with E-state index in [1.54, 1.807) is 6.92 Å². The van der Waals surface area contributed by atoms with E-state index in [0.29, 0.717) is 19.3 Å². The van der Waals surface area contributed by atoms with Crippen LogP contribution in [0, 0.1) is 108 Å². The van der Waals surface area contributed by atoms with Gasteiger partial charge in [-0.3, -0.25) is 51.5 Å². The highest BCUT2D eigenvalue weighted by Gasteiger charge is 2.77. The maximum absolute atomic E-state index is 15.1. The lowest BCUT2D eigenvalue weighted by Gasteiger charge is -2.41. The Hall–Kier alpha value is -8.40. The summed E-state index contributed by atoms with van der Waals surface area (Å²) in [5.41, 5.74) is 0. The number of hydrogen-bond acceptors (Lipinski definition) is 32. The van der Waals surface area contributed by atoms with Crippen LogP contribution in [0.4, 0.5) is 79.0 Å². The highest BCUT2D eigenvalue weighted by atomic mass is 32.2. The molecule has 17 atom stereocenters. The van der Waals surface area contributed by atoms with Gasteiger partial charge < -0.3 is 58.0 Å². The van der Waals surface area contributed by atoms with E-state index in [1.807, 2.05) is 0 Å². The molecule has 9 rings (SSSR count). The van der Waals surface area contributed by atoms with Crippen LogP contribution < -0.4 is 10.6 Å². The van der Waals surface area contributed by atoms with Crippen molar-refractivity contribution in [3.05, 3.63) is 37.1 Å². The van der Waals surface area contributed by atoms with Crippen LogP contribution in [0.3, 0.4) is 0 Å². The number of alkyl halides is 18. The minimum Gasteiger partial charge on any atom is -0.467 e. The molecule has 0 aromatic heterocycles. The fourth-order valence-electron chi connectivity index (χ4n) is 17.5. The standard InChI is InChI=1S/C23H35F4NO5S.C18H20F4O11S.C14H20F4O8S.C13H21F2NO5S.C10H12F4O8S.5CH3/c24-22(25,23(26,27)34(31,32)33)19-14-16(20(29)13-15-7-3-1-4-8-15)11-12-18(19)21(30)28-17-9-5-2-6-10-17;19-17(20,18(21,22)34(27,28)29)10-7-8(13(23)32-11-3-5-30-15(11)25)1-2-9(10)14(24)33-12-4-6-31-16(12)26;1-6(2)24-11(19)9-5-8(10(26-9)12(20)25-7(3)4)13(15,16)14(17,18)27(21,22)23;1-3-11(17)8-4-5-10(12(18)16-2)9(6-8)7-13(14,15)22(19,20)21;1-20-7(15)5-3-4(6(22-5)8(16)21-2)9(11,12)10(13,14)23(17,18)19;;;;;/h15-19H,1-14H2,(H,28,30)(H,31,32,33);8-12H,1-7H2,(H,27,28,29);6-10H,5H2,1-4H3,(H,21,22,23);8-10H,3-7H2,1-2H3,(H,16,18)(H,19,20,21);4-6H,3H2,1-2H3,(H,17,18,19);5*1H3/q;;;;;5*+1. The highest BCUT2D eigenvalue weighted by Crippen LogP contribution is 2.57. The van der Waals surface area contributed by atoms with Crippen molar-refractivity contribution in [2.45, 2.75) is 306 Å². The smallest absolute Gasteiger partial charge is 0.431 e.